The number of methoxy groups -OCH3 is 1. The second-order valence-corrected chi connectivity index (χ2v) is 1.98. The van der Waals surface area contributed by atoms with Crippen LogP contribution in [0.25, 0.3) is 0 Å². The van der Waals surface area contributed by atoms with Crippen molar-refractivity contribution in [2.45, 2.75) is 27.7 Å². The zero-order valence-electron chi connectivity index (χ0n) is 7.89. The van der Waals surface area contributed by atoms with Gasteiger partial charge in [0.25, 0.3) is 0 Å². The van der Waals surface area contributed by atoms with E-state index in [4.69, 9.17) is 9.15 Å². The van der Waals surface area contributed by atoms with Crippen molar-refractivity contribution in [3.63, 3.8) is 0 Å². The van der Waals surface area contributed by atoms with Crippen molar-refractivity contribution in [2.75, 3.05) is 7.11 Å². The molecule has 11 heavy (non-hydrogen) atoms. The summed E-state index contributed by atoms with van der Waals surface area (Å²) in [5.41, 5.74) is 0. The van der Waals surface area contributed by atoms with E-state index in [1.54, 1.807) is 7.11 Å². The lowest BCUT2D eigenvalue weighted by Crippen LogP contribution is -1.79. The highest BCUT2D eigenvalue weighted by atomic mass is 16.5. The van der Waals surface area contributed by atoms with Gasteiger partial charge in [0, 0.05) is 6.07 Å². The maximum Gasteiger partial charge on any atom is 0.160 e. The predicted molar refractivity (Wildman–Crippen MR) is 46.1 cm³/mol. The molecule has 1 aromatic rings. The van der Waals surface area contributed by atoms with Gasteiger partial charge in [-0.15, -0.1) is 0 Å². The molecule has 1 aromatic heterocycles. The molecular weight excluding hydrogens is 140 g/mol. The molecule has 2 heteroatoms. The number of furan rings is 1. The molecule has 0 aliphatic rings. The van der Waals surface area contributed by atoms with Crippen LogP contribution in [0.5, 0.6) is 5.75 Å². The van der Waals surface area contributed by atoms with Crippen molar-refractivity contribution in [3.05, 3.63) is 17.6 Å². The lowest BCUT2D eigenvalue weighted by molar-refractivity contribution is 0.395. The molecule has 0 spiro atoms. The van der Waals surface area contributed by atoms with Crippen molar-refractivity contribution in [1.82, 2.24) is 0 Å². The Hall–Kier alpha value is -0.920. The van der Waals surface area contributed by atoms with E-state index in [0.29, 0.717) is 0 Å². The highest BCUT2D eigenvalue weighted by Crippen LogP contribution is 2.20. The SMILES string of the molecule is CC.COc1cc(C)oc1C. The Morgan fingerprint density at radius 2 is 1.82 bits per heavy atom. The van der Waals surface area contributed by atoms with E-state index in [1.807, 2.05) is 33.8 Å². The van der Waals surface area contributed by atoms with E-state index in [2.05, 4.69) is 0 Å². The van der Waals surface area contributed by atoms with Crippen LogP contribution in [0.15, 0.2) is 10.5 Å². The fraction of sp³-hybridized carbons (Fsp3) is 0.556. The molecule has 0 fully saturated rings. The number of hydrogen-bond donors (Lipinski definition) is 0. The van der Waals surface area contributed by atoms with Gasteiger partial charge < -0.3 is 9.15 Å². The van der Waals surface area contributed by atoms with Crippen molar-refractivity contribution < 1.29 is 9.15 Å². The molecule has 0 aromatic carbocycles. The molecule has 0 aliphatic carbocycles. The summed E-state index contributed by atoms with van der Waals surface area (Å²) < 4.78 is 10.2. The van der Waals surface area contributed by atoms with E-state index in [9.17, 15) is 0 Å². The zero-order valence-corrected chi connectivity index (χ0v) is 7.89. The Balaban J connectivity index is 0.000000461. The van der Waals surface area contributed by atoms with E-state index < -0.39 is 0 Å². The van der Waals surface area contributed by atoms with Gasteiger partial charge in [0.1, 0.15) is 11.5 Å². The van der Waals surface area contributed by atoms with Gasteiger partial charge in [0.2, 0.25) is 0 Å². The quantitative estimate of drug-likeness (QED) is 0.623. The van der Waals surface area contributed by atoms with Crippen molar-refractivity contribution in [3.8, 4) is 5.75 Å². The molecule has 0 aliphatic heterocycles. The Bertz CT molecular complexity index is 201. The number of ether oxygens (including phenoxy) is 1. The molecule has 1 rings (SSSR count). The predicted octanol–water partition coefficient (Wildman–Crippen LogP) is 2.93. The van der Waals surface area contributed by atoms with Crippen molar-refractivity contribution >= 4 is 0 Å². The van der Waals surface area contributed by atoms with Gasteiger partial charge in [-0.2, -0.15) is 0 Å². The first-order valence-electron chi connectivity index (χ1n) is 3.85. The van der Waals surface area contributed by atoms with Crippen LogP contribution in [0.1, 0.15) is 25.4 Å². The highest BCUT2D eigenvalue weighted by Gasteiger charge is 2.01. The Labute approximate surface area is 68.2 Å². The molecule has 0 saturated heterocycles. The first-order valence-corrected chi connectivity index (χ1v) is 3.85. The molecule has 0 saturated carbocycles. The van der Waals surface area contributed by atoms with Crippen molar-refractivity contribution in [1.29, 1.82) is 0 Å². The average Bonchev–Trinajstić information content (AvgIpc) is 2.33. The summed E-state index contributed by atoms with van der Waals surface area (Å²) in [6, 6.07) is 1.87. The number of hydrogen-bond acceptors (Lipinski definition) is 2. The Kier molecular flexibility index (Phi) is 4.42. The van der Waals surface area contributed by atoms with Crippen LogP contribution >= 0.6 is 0 Å². The molecule has 0 bridgehead atoms. The van der Waals surface area contributed by atoms with Crippen LogP contribution in [0.4, 0.5) is 0 Å². The molecule has 0 amide bonds. The fourth-order valence-electron chi connectivity index (χ4n) is 0.810. The molecule has 0 radical (unpaired) electrons. The molecule has 0 unspecified atom stereocenters. The van der Waals surface area contributed by atoms with Gasteiger partial charge in [0.15, 0.2) is 5.75 Å². The lowest BCUT2D eigenvalue weighted by atomic mass is 10.4. The zero-order chi connectivity index (χ0) is 8.85. The summed E-state index contributed by atoms with van der Waals surface area (Å²) in [6.07, 6.45) is 0. The van der Waals surface area contributed by atoms with Gasteiger partial charge in [-0.3, -0.25) is 0 Å². The minimum atomic E-state index is 0.826. The molecular formula is C9H16O2. The smallest absolute Gasteiger partial charge is 0.160 e. The van der Waals surface area contributed by atoms with Crippen LogP contribution in [-0.4, -0.2) is 7.11 Å². The average molecular weight is 156 g/mol. The summed E-state index contributed by atoms with van der Waals surface area (Å²) in [5, 5.41) is 0. The van der Waals surface area contributed by atoms with Crippen LogP contribution in [-0.2, 0) is 0 Å². The highest BCUT2D eigenvalue weighted by molar-refractivity contribution is 5.26. The molecule has 0 N–H and O–H groups in total. The Morgan fingerprint density at radius 1 is 1.27 bits per heavy atom. The molecule has 1 heterocycles. The van der Waals surface area contributed by atoms with E-state index in [1.165, 1.54) is 0 Å². The van der Waals surface area contributed by atoms with Crippen LogP contribution in [0.3, 0.4) is 0 Å². The lowest BCUT2D eigenvalue weighted by Gasteiger charge is -1.91. The standard InChI is InChI=1S/C7H10O2.C2H6/c1-5-4-7(8-3)6(2)9-5;1-2/h4H,1-3H3;1-2H3. The maximum atomic E-state index is 5.18. The van der Waals surface area contributed by atoms with Crippen LogP contribution in [0.2, 0.25) is 0 Å². The van der Waals surface area contributed by atoms with Gasteiger partial charge >= 0.3 is 0 Å². The second kappa shape index (κ2) is 4.83. The van der Waals surface area contributed by atoms with E-state index >= 15 is 0 Å². The fourth-order valence-corrected chi connectivity index (χ4v) is 0.810. The summed E-state index contributed by atoms with van der Waals surface area (Å²) >= 11 is 0. The van der Waals surface area contributed by atoms with Gasteiger partial charge in [0.05, 0.1) is 7.11 Å². The van der Waals surface area contributed by atoms with Crippen molar-refractivity contribution in [2.24, 2.45) is 0 Å². The third-order valence-corrected chi connectivity index (χ3v) is 1.22. The molecule has 0 atom stereocenters. The maximum absolute atomic E-state index is 5.18. The van der Waals surface area contributed by atoms with Gasteiger partial charge in [-0.05, 0) is 13.8 Å². The third kappa shape index (κ3) is 2.66. The minimum absolute atomic E-state index is 0.826. The molecule has 2 nitrogen and oxygen atoms in total. The first-order chi connectivity index (χ1) is 5.24. The normalized spacial score (nSPS) is 8.45. The molecule has 64 valence electrons. The largest absolute Gasteiger partial charge is 0.493 e. The summed E-state index contributed by atoms with van der Waals surface area (Å²) in [7, 11) is 1.64. The summed E-state index contributed by atoms with van der Waals surface area (Å²) in [6.45, 7) is 7.78. The van der Waals surface area contributed by atoms with Gasteiger partial charge in [-0.25, -0.2) is 0 Å². The number of rotatable bonds is 1. The van der Waals surface area contributed by atoms with Crippen LogP contribution in [0, 0.1) is 13.8 Å². The number of aryl methyl sites for hydroxylation is 2. The summed E-state index contributed by atoms with van der Waals surface area (Å²) in [4.78, 5) is 0. The van der Waals surface area contributed by atoms with Crippen LogP contribution < -0.4 is 4.74 Å². The topological polar surface area (TPSA) is 22.4 Å². The Morgan fingerprint density at radius 3 is 2.00 bits per heavy atom. The first kappa shape index (κ1) is 10.1. The van der Waals surface area contributed by atoms with E-state index in [0.717, 1.165) is 17.3 Å². The van der Waals surface area contributed by atoms with Gasteiger partial charge in [-0.1, -0.05) is 13.8 Å². The third-order valence-electron chi connectivity index (χ3n) is 1.22. The summed E-state index contributed by atoms with van der Waals surface area (Å²) in [5.74, 6) is 2.56. The monoisotopic (exact) mass is 156 g/mol. The second-order valence-electron chi connectivity index (χ2n) is 1.98. The van der Waals surface area contributed by atoms with E-state index in [-0.39, 0.29) is 0 Å². The minimum Gasteiger partial charge on any atom is -0.493 e.